The SMILES string of the molecule is CCCOCCCCCCC(F)(F)F. The van der Waals surface area contributed by atoms with Gasteiger partial charge in [0.25, 0.3) is 0 Å². The van der Waals surface area contributed by atoms with Crippen molar-refractivity contribution in [3.63, 3.8) is 0 Å². The Kier molecular flexibility index (Phi) is 7.95. The van der Waals surface area contributed by atoms with Gasteiger partial charge in [-0.15, -0.1) is 0 Å². The topological polar surface area (TPSA) is 9.23 Å². The second-order valence-electron chi connectivity index (χ2n) is 3.39. The van der Waals surface area contributed by atoms with Crippen LogP contribution in [0, 0.1) is 0 Å². The predicted octanol–water partition coefficient (Wildman–Crippen LogP) is 3.93. The minimum Gasteiger partial charge on any atom is -0.381 e. The van der Waals surface area contributed by atoms with Crippen molar-refractivity contribution in [2.45, 2.75) is 51.6 Å². The van der Waals surface area contributed by atoms with Crippen molar-refractivity contribution in [3.05, 3.63) is 0 Å². The summed E-state index contributed by atoms with van der Waals surface area (Å²) in [5, 5.41) is 0. The van der Waals surface area contributed by atoms with Gasteiger partial charge < -0.3 is 4.74 Å². The molecule has 0 radical (unpaired) electrons. The Balaban J connectivity index is 2.99. The quantitative estimate of drug-likeness (QED) is 0.554. The largest absolute Gasteiger partial charge is 0.389 e. The van der Waals surface area contributed by atoms with Crippen LogP contribution in [-0.4, -0.2) is 19.4 Å². The molecule has 0 unspecified atom stereocenters. The highest BCUT2D eigenvalue weighted by molar-refractivity contribution is 4.51. The minimum atomic E-state index is -3.99. The summed E-state index contributed by atoms with van der Waals surface area (Å²) in [6.45, 7) is 3.46. The first-order chi connectivity index (χ1) is 6.56. The molecule has 0 aliphatic heterocycles. The molecule has 0 aliphatic rings. The third-order valence-corrected chi connectivity index (χ3v) is 1.85. The summed E-state index contributed by atoms with van der Waals surface area (Å²) < 4.78 is 40.3. The van der Waals surface area contributed by atoms with Gasteiger partial charge in [-0.2, -0.15) is 13.2 Å². The first kappa shape index (κ1) is 13.8. The Bertz CT molecular complexity index is 123. The highest BCUT2D eigenvalue weighted by Gasteiger charge is 2.25. The molecule has 0 fully saturated rings. The van der Waals surface area contributed by atoms with Gasteiger partial charge in [0, 0.05) is 19.6 Å². The number of rotatable bonds is 8. The van der Waals surface area contributed by atoms with Crippen molar-refractivity contribution in [2.24, 2.45) is 0 Å². The van der Waals surface area contributed by atoms with Crippen molar-refractivity contribution in [2.75, 3.05) is 13.2 Å². The molecular formula is C10H19F3O. The zero-order valence-corrected chi connectivity index (χ0v) is 8.70. The predicted molar refractivity (Wildman–Crippen MR) is 50.3 cm³/mol. The fourth-order valence-electron chi connectivity index (χ4n) is 1.13. The Hall–Kier alpha value is -0.250. The summed E-state index contributed by atoms with van der Waals surface area (Å²) in [7, 11) is 0. The van der Waals surface area contributed by atoms with E-state index in [4.69, 9.17) is 4.74 Å². The number of hydrogen-bond donors (Lipinski definition) is 0. The van der Waals surface area contributed by atoms with Crippen molar-refractivity contribution < 1.29 is 17.9 Å². The molecule has 0 atom stereocenters. The minimum absolute atomic E-state index is 0.247. The van der Waals surface area contributed by atoms with Gasteiger partial charge in [0.05, 0.1) is 0 Å². The number of ether oxygens (including phenoxy) is 1. The van der Waals surface area contributed by atoms with Crippen molar-refractivity contribution in [3.8, 4) is 0 Å². The molecule has 14 heavy (non-hydrogen) atoms. The maximum Gasteiger partial charge on any atom is 0.389 e. The molecule has 4 heteroatoms. The molecule has 1 nitrogen and oxygen atoms in total. The van der Waals surface area contributed by atoms with Crippen LogP contribution in [0.5, 0.6) is 0 Å². The van der Waals surface area contributed by atoms with Crippen LogP contribution in [0.15, 0.2) is 0 Å². The van der Waals surface area contributed by atoms with Gasteiger partial charge in [-0.05, 0) is 19.3 Å². The van der Waals surface area contributed by atoms with Crippen LogP contribution in [-0.2, 0) is 4.74 Å². The van der Waals surface area contributed by atoms with Crippen molar-refractivity contribution >= 4 is 0 Å². The molecule has 0 spiro atoms. The summed E-state index contributed by atoms with van der Waals surface area (Å²) in [6.07, 6.45) is -1.04. The first-order valence-electron chi connectivity index (χ1n) is 5.20. The monoisotopic (exact) mass is 212 g/mol. The van der Waals surface area contributed by atoms with Gasteiger partial charge in [-0.25, -0.2) is 0 Å². The van der Waals surface area contributed by atoms with Crippen LogP contribution in [0.4, 0.5) is 13.2 Å². The normalized spacial score (nSPS) is 12.0. The highest BCUT2D eigenvalue weighted by atomic mass is 19.4. The van der Waals surface area contributed by atoms with E-state index in [-0.39, 0.29) is 6.42 Å². The lowest BCUT2D eigenvalue weighted by Gasteiger charge is -2.05. The second kappa shape index (κ2) is 8.09. The van der Waals surface area contributed by atoms with E-state index in [0.717, 1.165) is 25.9 Å². The van der Waals surface area contributed by atoms with Crippen LogP contribution >= 0.6 is 0 Å². The average molecular weight is 212 g/mol. The van der Waals surface area contributed by atoms with E-state index in [1.165, 1.54) is 0 Å². The summed E-state index contributed by atoms with van der Waals surface area (Å²) in [6, 6.07) is 0. The third kappa shape index (κ3) is 11.8. The summed E-state index contributed by atoms with van der Waals surface area (Å²) in [4.78, 5) is 0. The van der Waals surface area contributed by atoms with Gasteiger partial charge in [0.15, 0.2) is 0 Å². The van der Waals surface area contributed by atoms with Gasteiger partial charge in [-0.1, -0.05) is 19.8 Å². The number of hydrogen-bond acceptors (Lipinski definition) is 1. The Morgan fingerprint density at radius 1 is 0.929 bits per heavy atom. The first-order valence-corrected chi connectivity index (χ1v) is 5.20. The molecular weight excluding hydrogens is 193 g/mol. The van der Waals surface area contributed by atoms with E-state index < -0.39 is 12.6 Å². The van der Waals surface area contributed by atoms with E-state index in [0.29, 0.717) is 13.0 Å². The Morgan fingerprint density at radius 3 is 2.14 bits per heavy atom. The van der Waals surface area contributed by atoms with E-state index in [2.05, 4.69) is 0 Å². The van der Waals surface area contributed by atoms with Crippen LogP contribution in [0.3, 0.4) is 0 Å². The molecule has 0 rings (SSSR count). The van der Waals surface area contributed by atoms with E-state index >= 15 is 0 Å². The summed E-state index contributed by atoms with van der Waals surface area (Å²) >= 11 is 0. The molecule has 0 bridgehead atoms. The smallest absolute Gasteiger partial charge is 0.381 e. The van der Waals surface area contributed by atoms with Crippen LogP contribution in [0.2, 0.25) is 0 Å². The molecule has 86 valence electrons. The number of alkyl halides is 3. The van der Waals surface area contributed by atoms with Crippen LogP contribution in [0.1, 0.15) is 45.4 Å². The lowest BCUT2D eigenvalue weighted by Crippen LogP contribution is -2.06. The maximum atomic E-state index is 11.7. The van der Waals surface area contributed by atoms with E-state index in [1.807, 2.05) is 6.92 Å². The maximum absolute atomic E-state index is 11.7. The Morgan fingerprint density at radius 2 is 1.57 bits per heavy atom. The number of unbranched alkanes of at least 4 members (excludes halogenated alkanes) is 3. The lowest BCUT2D eigenvalue weighted by molar-refractivity contribution is -0.135. The second-order valence-corrected chi connectivity index (χ2v) is 3.39. The van der Waals surface area contributed by atoms with Gasteiger partial charge in [0.2, 0.25) is 0 Å². The van der Waals surface area contributed by atoms with Crippen LogP contribution < -0.4 is 0 Å². The zero-order chi connectivity index (χ0) is 10.9. The zero-order valence-electron chi connectivity index (χ0n) is 8.70. The summed E-state index contributed by atoms with van der Waals surface area (Å²) in [5.74, 6) is 0. The molecule has 0 heterocycles. The average Bonchev–Trinajstić information content (AvgIpc) is 2.08. The summed E-state index contributed by atoms with van der Waals surface area (Å²) in [5.41, 5.74) is 0. The molecule has 0 N–H and O–H groups in total. The number of halogens is 3. The molecule has 0 saturated heterocycles. The Labute approximate surface area is 83.6 Å². The molecule has 0 saturated carbocycles. The van der Waals surface area contributed by atoms with Crippen molar-refractivity contribution in [1.82, 2.24) is 0 Å². The van der Waals surface area contributed by atoms with Gasteiger partial charge in [-0.3, -0.25) is 0 Å². The van der Waals surface area contributed by atoms with Crippen LogP contribution in [0.25, 0.3) is 0 Å². The molecule has 0 aromatic carbocycles. The highest BCUT2D eigenvalue weighted by Crippen LogP contribution is 2.22. The lowest BCUT2D eigenvalue weighted by atomic mass is 10.1. The third-order valence-electron chi connectivity index (χ3n) is 1.85. The van der Waals surface area contributed by atoms with E-state index in [9.17, 15) is 13.2 Å². The van der Waals surface area contributed by atoms with E-state index in [1.54, 1.807) is 0 Å². The fraction of sp³-hybridized carbons (Fsp3) is 1.00. The molecule has 0 amide bonds. The molecule has 0 aromatic rings. The van der Waals surface area contributed by atoms with Gasteiger partial charge >= 0.3 is 6.18 Å². The molecule has 0 aromatic heterocycles. The molecule has 0 aliphatic carbocycles. The van der Waals surface area contributed by atoms with Gasteiger partial charge in [0.1, 0.15) is 0 Å². The standard InChI is InChI=1S/C10H19F3O/c1-2-8-14-9-6-4-3-5-7-10(11,12)13/h2-9H2,1H3. The van der Waals surface area contributed by atoms with Crippen molar-refractivity contribution in [1.29, 1.82) is 0 Å². The fourth-order valence-corrected chi connectivity index (χ4v) is 1.13.